The summed E-state index contributed by atoms with van der Waals surface area (Å²) >= 11 is 3.41. The van der Waals surface area contributed by atoms with Crippen LogP contribution in [0.1, 0.15) is 11.1 Å². The van der Waals surface area contributed by atoms with Gasteiger partial charge >= 0.3 is 0 Å². The fourth-order valence-corrected chi connectivity index (χ4v) is 1.84. The van der Waals surface area contributed by atoms with Gasteiger partial charge in [0, 0.05) is 35.6 Å². The van der Waals surface area contributed by atoms with E-state index in [2.05, 4.69) is 26.2 Å². The third kappa shape index (κ3) is 3.28. The maximum atomic E-state index is 5.68. The second-order valence-corrected chi connectivity index (χ2v) is 4.62. The molecule has 17 heavy (non-hydrogen) atoms. The summed E-state index contributed by atoms with van der Waals surface area (Å²) < 4.78 is 1.08. The number of hydrogen-bond donors (Lipinski definition) is 2. The Labute approximate surface area is 109 Å². The van der Waals surface area contributed by atoms with E-state index >= 15 is 0 Å². The minimum atomic E-state index is 0.542. The van der Waals surface area contributed by atoms with Crippen LogP contribution < -0.4 is 11.1 Å². The van der Waals surface area contributed by atoms with E-state index in [1.807, 2.05) is 36.5 Å². The molecule has 1 aromatic heterocycles. The van der Waals surface area contributed by atoms with Gasteiger partial charge in [-0.3, -0.25) is 4.98 Å². The van der Waals surface area contributed by atoms with Gasteiger partial charge in [-0.05, 0) is 41.5 Å². The molecule has 88 valence electrons. The first-order valence-corrected chi connectivity index (χ1v) is 6.20. The number of aromatic nitrogens is 1. The summed E-state index contributed by atoms with van der Waals surface area (Å²) in [4.78, 5) is 4.12. The normalized spacial score (nSPS) is 10.2. The van der Waals surface area contributed by atoms with Crippen LogP contribution in [0.5, 0.6) is 0 Å². The number of hydrogen-bond acceptors (Lipinski definition) is 3. The summed E-state index contributed by atoms with van der Waals surface area (Å²) in [6.07, 6.45) is 3.62. The summed E-state index contributed by atoms with van der Waals surface area (Å²) in [6, 6.07) is 10.0. The zero-order chi connectivity index (χ0) is 12.1. The van der Waals surface area contributed by atoms with Gasteiger partial charge in [0.1, 0.15) is 0 Å². The molecule has 0 aliphatic carbocycles. The minimum absolute atomic E-state index is 0.542. The second-order valence-electron chi connectivity index (χ2n) is 3.71. The van der Waals surface area contributed by atoms with Gasteiger partial charge in [-0.2, -0.15) is 0 Å². The van der Waals surface area contributed by atoms with Crippen LogP contribution in [0.3, 0.4) is 0 Å². The van der Waals surface area contributed by atoms with Crippen LogP contribution in [0.25, 0.3) is 0 Å². The van der Waals surface area contributed by atoms with Gasteiger partial charge in [-0.15, -0.1) is 0 Å². The van der Waals surface area contributed by atoms with Crippen molar-refractivity contribution in [1.82, 2.24) is 4.98 Å². The standard InChI is InChI=1S/C13H14BrN3/c14-12-1-3-13(4-2-12)17-9-11-8-16-6-5-10(11)7-15/h1-6,8,17H,7,9,15H2. The Balaban J connectivity index is 2.04. The predicted octanol–water partition coefficient (Wildman–Crippen LogP) is 2.91. The number of pyridine rings is 1. The van der Waals surface area contributed by atoms with E-state index in [9.17, 15) is 0 Å². The van der Waals surface area contributed by atoms with Crippen LogP contribution in [-0.4, -0.2) is 4.98 Å². The van der Waals surface area contributed by atoms with Crippen LogP contribution in [0.4, 0.5) is 5.69 Å². The van der Waals surface area contributed by atoms with E-state index in [0.717, 1.165) is 27.8 Å². The average molecular weight is 292 g/mol. The van der Waals surface area contributed by atoms with Crippen LogP contribution in [0.2, 0.25) is 0 Å². The van der Waals surface area contributed by atoms with E-state index in [1.165, 1.54) is 0 Å². The lowest BCUT2D eigenvalue weighted by atomic mass is 10.1. The van der Waals surface area contributed by atoms with Crippen LogP contribution >= 0.6 is 15.9 Å². The number of benzene rings is 1. The largest absolute Gasteiger partial charge is 0.381 e. The lowest BCUT2D eigenvalue weighted by molar-refractivity contribution is 0.989. The minimum Gasteiger partial charge on any atom is -0.381 e. The molecule has 4 heteroatoms. The highest BCUT2D eigenvalue weighted by Gasteiger charge is 2.00. The van der Waals surface area contributed by atoms with Gasteiger partial charge in [0.2, 0.25) is 0 Å². The molecule has 0 amide bonds. The summed E-state index contributed by atoms with van der Waals surface area (Å²) in [5.41, 5.74) is 9.03. The van der Waals surface area contributed by atoms with Gasteiger partial charge < -0.3 is 11.1 Å². The fourth-order valence-electron chi connectivity index (χ4n) is 1.58. The van der Waals surface area contributed by atoms with Crippen LogP contribution in [0.15, 0.2) is 47.2 Å². The topological polar surface area (TPSA) is 50.9 Å². The first-order valence-electron chi connectivity index (χ1n) is 5.41. The van der Waals surface area contributed by atoms with E-state index in [1.54, 1.807) is 6.20 Å². The molecule has 0 spiro atoms. The summed E-state index contributed by atoms with van der Waals surface area (Å²) in [5.74, 6) is 0. The molecule has 0 bridgehead atoms. The molecule has 0 unspecified atom stereocenters. The highest BCUT2D eigenvalue weighted by Crippen LogP contribution is 2.15. The highest BCUT2D eigenvalue weighted by molar-refractivity contribution is 9.10. The SMILES string of the molecule is NCc1ccncc1CNc1ccc(Br)cc1. The van der Waals surface area contributed by atoms with Crippen molar-refractivity contribution in [3.05, 3.63) is 58.3 Å². The Morgan fingerprint density at radius 3 is 2.59 bits per heavy atom. The van der Waals surface area contributed by atoms with Gasteiger partial charge in [-0.25, -0.2) is 0 Å². The van der Waals surface area contributed by atoms with E-state index in [-0.39, 0.29) is 0 Å². The first-order chi connectivity index (χ1) is 8.29. The van der Waals surface area contributed by atoms with Crippen LogP contribution in [0, 0.1) is 0 Å². The van der Waals surface area contributed by atoms with Gasteiger partial charge in [0.25, 0.3) is 0 Å². The molecular weight excluding hydrogens is 278 g/mol. The molecule has 0 saturated heterocycles. The number of anilines is 1. The molecule has 2 aromatic rings. The Bertz CT molecular complexity index is 482. The zero-order valence-corrected chi connectivity index (χ0v) is 10.9. The van der Waals surface area contributed by atoms with Gasteiger partial charge in [0.05, 0.1) is 0 Å². The molecule has 3 nitrogen and oxygen atoms in total. The third-order valence-corrected chi connectivity index (χ3v) is 3.08. The maximum absolute atomic E-state index is 5.68. The number of nitrogens with two attached hydrogens (primary N) is 1. The van der Waals surface area contributed by atoms with Crippen molar-refractivity contribution in [3.63, 3.8) is 0 Å². The third-order valence-electron chi connectivity index (χ3n) is 2.55. The molecule has 0 aliphatic rings. The molecule has 1 aromatic carbocycles. The highest BCUT2D eigenvalue weighted by atomic mass is 79.9. The van der Waals surface area contributed by atoms with E-state index < -0.39 is 0 Å². The molecule has 1 heterocycles. The Hall–Kier alpha value is -1.39. The molecule has 0 fully saturated rings. The van der Waals surface area contributed by atoms with Gasteiger partial charge in [0.15, 0.2) is 0 Å². The van der Waals surface area contributed by atoms with Gasteiger partial charge in [-0.1, -0.05) is 15.9 Å². The molecular formula is C13H14BrN3. The van der Waals surface area contributed by atoms with Crippen molar-refractivity contribution < 1.29 is 0 Å². The van der Waals surface area contributed by atoms with Crippen LogP contribution in [-0.2, 0) is 13.1 Å². The summed E-state index contributed by atoms with van der Waals surface area (Å²) in [6.45, 7) is 1.28. The molecule has 0 atom stereocenters. The van der Waals surface area contributed by atoms with Crippen molar-refractivity contribution in [2.45, 2.75) is 13.1 Å². The zero-order valence-electron chi connectivity index (χ0n) is 9.36. The molecule has 2 rings (SSSR count). The van der Waals surface area contributed by atoms with Crippen molar-refractivity contribution >= 4 is 21.6 Å². The molecule has 0 aliphatic heterocycles. The second kappa shape index (κ2) is 5.80. The summed E-state index contributed by atoms with van der Waals surface area (Å²) in [5, 5.41) is 3.35. The lowest BCUT2D eigenvalue weighted by Gasteiger charge is -2.09. The average Bonchev–Trinajstić information content (AvgIpc) is 2.38. The summed E-state index contributed by atoms with van der Waals surface area (Å²) in [7, 11) is 0. The lowest BCUT2D eigenvalue weighted by Crippen LogP contribution is -2.06. The van der Waals surface area contributed by atoms with Crippen molar-refractivity contribution in [2.24, 2.45) is 5.73 Å². The van der Waals surface area contributed by atoms with E-state index in [4.69, 9.17) is 5.73 Å². The first kappa shape index (κ1) is 12.1. The Morgan fingerprint density at radius 1 is 1.12 bits per heavy atom. The maximum Gasteiger partial charge on any atom is 0.0419 e. The monoisotopic (exact) mass is 291 g/mol. The molecule has 0 radical (unpaired) electrons. The predicted molar refractivity (Wildman–Crippen MR) is 73.6 cm³/mol. The van der Waals surface area contributed by atoms with Crippen molar-refractivity contribution in [2.75, 3.05) is 5.32 Å². The number of halogens is 1. The smallest absolute Gasteiger partial charge is 0.0419 e. The molecule has 0 saturated carbocycles. The molecule has 3 N–H and O–H groups in total. The quantitative estimate of drug-likeness (QED) is 0.911. The van der Waals surface area contributed by atoms with Crippen molar-refractivity contribution in [1.29, 1.82) is 0 Å². The van der Waals surface area contributed by atoms with Crippen molar-refractivity contribution in [3.8, 4) is 0 Å². The number of nitrogens with zero attached hydrogens (tertiary/aromatic N) is 1. The fraction of sp³-hybridized carbons (Fsp3) is 0.154. The van der Waals surface area contributed by atoms with E-state index in [0.29, 0.717) is 6.54 Å². The Kier molecular flexibility index (Phi) is 4.12. The Morgan fingerprint density at radius 2 is 1.88 bits per heavy atom. The number of rotatable bonds is 4. The number of nitrogens with one attached hydrogen (secondary N) is 1.